The van der Waals surface area contributed by atoms with Crippen LogP contribution < -0.4 is 9.62 Å². The van der Waals surface area contributed by atoms with E-state index in [2.05, 4.69) is 5.32 Å². The number of sulfonamides is 1. The van der Waals surface area contributed by atoms with E-state index in [1.165, 1.54) is 24.3 Å². The normalized spacial score (nSPS) is 11.1. The molecule has 5 nitrogen and oxygen atoms in total. The van der Waals surface area contributed by atoms with Crippen LogP contribution in [0, 0.1) is 6.92 Å². The number of carbonyl (C=O) groups excluding carboxylic acids is 1. The van der Waals surface area contributed by atoms with Gasteiger partial charge < -0.3 is 5.32 Å². The third-order valence-electron chi connectivity index (χ3n) is 4.21. The summed E-state index contributed by atoms with van der Waals surface area (Å²) < 4.78 is 27.5. The number of anilines is 2. The maximum absolute atomic E-state index is 13.2. The Morgan fingerprint density at radius 1 is 0.931 bits per heavy atom. The summed E-state index contributed by atoms with van der Waals surface area (Å²) in [7, 11) is -3.99. The van der Waals surface area contributed by atoms with E-state index in [0.29, 0.717) is 21.4 Å². The minimum Gasteiger partial charge on any atom is -0.324 e. The van der Waals surface area contributed by atoms with Gasteiger partial charge in [0.25, 0.3) is 10.0 Å². The number of halogens is 2. The second-order valence-electron chi connectivity index (χ2n) is 6.31. The molecule has 0 aliphatic rings. The van der Waals surface area contributed by atoms with Crippen molar-refractivity contribution in [1.29, 1.82) is 0 Å². The van der Waals surface area contributed by atoms with Gasteiger partial charge in [-0.3, -0.25) is 9.10 Å². The Bertz CT molecular complexity index is 1120. The van der Waals surface area contributed by atoms with E-state index in [4.69, 9.17) is 23.2 Å². The number of nitrogens with one attached hydrogen (secondary N) is 1. The van der Waals surface area contributed by atoms with E-state index in [9.17, 15) is 13.2 Å². The SMILES string of the molecule is Cc1ccc(Cl)cc1NC(=O)CN(c1ccccc1)S(=O)(=O)c1ccc(Cl)cc1. The second kappa shape index (κ2) is 8.86. The highest BCUT2D eigenvalue weighted by Gasteiger charge is 2.27. The lowest BCUT2D eigenvalue weighted by Crippen LogP contribution is -2.38. The Morgan fingerprint density at radius 2 is 1.55 bits per heavy atom. The molecule has 0 spiro atoms. The number of amides is 1. The van der Waals surface area contributed by atoms with Crippen LogP contribution in [0.1, 0.15) is 5.56 Å². The summed E-state index contributed by atoms with van der Waals surface area (Å²) in [5, 5.41) is 3.63. The molecule has 0 aliphatic heterocycles. The van der Waals surface area contributed by atoms with Gasteiger partial charge in [-0.1, -0.05) is 47.5 Å². The maximum Gasteiger partial charge on any atom is 0.264 e. The van der Waals surface area contributed by atoms with Crippen LogP contribution in [0.25, 0.3) is 0 Å². The Kier molecular flexibility index (Phi) is 6.47. The summed E-state index contributed by atoms with van der Waals surface area (Å²) in [6.07, 6.45) is 0. The number of benzene rings is 3. The second-order valence-corrected chi connectivity index (χ2v) is 9.04. The van der Waals surface area contributed by atoms with Crippen molar-refractivity contribution in [2.45, 2.75) is 11.8 Å². The molecule has 3 aromatic carbocycles. The first kappa shape index (κ1) is 21.2. The minimum absolute atomic E-state index is 0.0393. The molecule has 1 amide bonds. The number of carbonyl (C=O) groups is 1. The lowest BCUT2D eigenvalue weighted by Gasteiger charge is -2.24. The van der Waals surface area contributed by atoms with E-state index in [0.717, 1.165) is 9.87 Å². The lowest BCUT2D eigenvalue weighted by atomic mass is 10.2. The molecule has 0 heterocycles. The highest BCUT2D eigenvalue weighted by atomic mass is 35.5. The summed E-state index contributed by atoms with van der Waals surface area (Å²) in [5.74, 6) is -0.489. The molecular formula is C21H18Cl2N2O3S. The molecule has 0 bridgehead atoms. The first-order valence-corrected chi connectivity index (χ1v) is 10.9. The van der Waals surface area contributed by atoms with Crippen LogP contribution in [-0.4, -0.2) is 20.9 Å². The molecule has 3 rings (SSSR count). The van der Waals surface area contributed by atoms with Crippen molar-refractivity contribution in [3.8, 4) is 0 Å². The number of hydrogen-bond donors (Lipinski definition) is 1. The smallest absolute Gasteiger partial charge is 0.264 e. The number of hydrogen-bond acceptors (Lipinski definition) is 3. The van der Waals surface area contributed by atoms with Gasteiger partial charge in [-0.2, -0.15) is 0 Å². The molecular weight excluding hydrogens is 431 g/mol. The maximum atomic E-state index is 13.2. The molecule has 0 radical (unpaired) electrons. The summed E-state index contributed by atoms with van der Waals surface area (Å²) in [6.45, 7) is 1.42. The molecule has 0 saturated heterocycles. The molecule has 0 aliphatic carbocycles. The van der Waals surface area contributed by atoms with Gasteiger partial charge >= 0.3 is 0 Å². The molecule has 0 unspecified atom stereocenters. The first-order valence-electron chi connectivity index (χ1n) is 8.67. The Hall–Kier alpha value is -2.54. The van der Waals surface area contributed by atoms with E-state index >= 15 is 0 Å². The first-order chi connectivity index (χ1) is 13.8. The third-order valence-corrected chi connectivity index (χ3v) is 6.48. The molecule has 3 aromatic rings. The van der Waals surface area contributed by atoms with Crippen LogP contribution in [0.2, 0.25) is 10.0 Å². The van der Waals surface area contributed by atoms with Crippen LogP contribution in [0.15, 0.2) is 77.7 Å². The third kappa shape index (κ3) is 5.09. The van der Waals surface area contributed by atoms with Crippen LogP contribution in [0.5, 0.6) is 0 Å². The summed E-state index contributed by atoms with van der Waals surface area (Å²) in [4.78, 5) is 12.7. The van der Waals surface area contributed by atoms with Gasteiger partial charge in [0.15, 0.2) is 0 Å². The molecule has 0 fully saturated rings. The van der Waals surface area contributed by atoms with Crippen LogP contribution in [0.3, 0.4) is 0 Å². The van der Waals surface area contributed by atoms with Crippen molar-refractivity contribution >= 4 is 50.5 Å². The standard InChI is InChI=1S/C21H18Cl2N2O3S/c1-15-7-8-17(23)13-20(15)24-21(26)14-25(18-5-3-2-4-6-18)29(27,28)19-11-9-16(22)10-12-19/h2-13H,14H2,1H3,(H,24,26). The predicted octanol–water partition coefficient (Wildman–Crippen LogP) is 5.14. The summed E-state index contributed by atoms with van der Waals surface area (Å²) >= 11 is 11.9. The van der Waals surface area contributed by atoms with Gasteiger partial charge in [0.2, 0.25) is 5.91 Å². The predicted molar refractivity (Wildman–Crippen MR) is 117 cm³/mol. The summed E-state index contributed by atoms with van der Waals surface area (Å²) in [6, 6.07) is 19.4. The fourth-order valence-electron chi connectivity index (χ4n) is 2.69. The molecule has 150 valence electrons. The highest BCUT2D eigenvalue weighted by molar-refractivity contribution is 7.92. The van der Waals surface area contributed by atoms with E-state index in [1.807, 2.05) is 6.92 Å². The van der Waals surface area contributed by atoms with E-state index in [1.54, 1.807) is 48.5 Å². The zero-order valence-electron chi connectivity index (χ0n) is 15.5. The Morgan fingerprint density at radius 3 is 2.21 bits per heavy atom. The molecule has 0 aromatic heterocycles. The van der Waals surface area contributed by atoms with E-state index < -0.39 is 22.5 Å². The average molecular weight is 449 g/mol. The minimum atomic E-state index is -3.99. The van der Waals surface area contributed by atoms with E-state index in [-0.39, 0.29) is 4.90 Å². The number of aryl methyl sites for hydroxylation is 1. The summed E-state index contributed by atoms with van der Waals surface area (Å²) in [5.41, 5.74) is 1.72. The monoisotopic (exact) mass is 448 g/mol. The zero-order chi connectivity index (χ0) is 21.0. The topological polar surface area (TPSA) is 66.5 Å². The lowest BCUT2D eigenvalue weighted by molar-refractivity contribution is -0.114. The van der Waals surface area contributed by atoms with Gasteiger partial charge in [0.1, 0.15) is 6.54 Å². The number of rotatable bonds is 6. The molecule has 1 N–H and O–H groups in total. The zero-order valence-corrected chi connectivity index (χ0v) is 17.8. The quantitative estimate of drug-likeness (QED) is 0.567. The van der Waals surface area contributed by atoms with Gasteiger partial charge in [-0.15, -0.1) is 0 Å². The highest BCUT2D eigenvalue weighted by Crippen LogP contribution is 2.25. The van der Waals surface area contributed by atoms with Crippen LogP contribution >= 0.6 is 23.2 Å². The van der Waals surface area contributed by atoms with Crippen molar-refractivity contribution < 1.29 is 13.2 Å². The largest absolute Gasteiger partial charge is 0.324 e. The van der Waals surface area contributed by atoms with Crippen molar-refractivity contribution in [3.63, 3.8) is 0 Å². The Balaban J connectivity index is 1.93. The molecule has 8 heteroatoms. The molecule has 29 heavy (non-hydrogen) atoms. The fourth-order valence-corrected chi connectivity index (χ4v) is 4.41. The van der Waals surface area contributed by atoms with Crippen molar-refractivity contribution in [2.24, 2.45) is 0 Å². The van der Waals surface area contributed by atoms with Crippen molar-refractivity contribution in [3.05, 3.63) is 88.4 Å². The molecule has 0 atom stereocenters. The van der Waals surface area contributed by atoms with Gasteiger partial charge in [-0.05, 0) is 61.0 Å². The number of nitrogens with zero attached hydrogens (tertiary/aromatic N) is 1. The van der Waals surface area contributed by atoms with Crippen LogP contribution in [-0.2, 0) is 14.8 Å². The van der Waals surface area contributed by atoms with Crippen molar-refractivity contribution in [1.82, 2.24) is 0 Å². The van der Waals surface area contributed by atoms with Crippen molar-refractivity contribution in [2.75, 3.05) is 16.2 Å². The van der Waals surface area contributed by atoms with Crippen LogP contribution in [0.4, 0.5) is 11.4 Å². The number of para-hydroxylation sites is 1. The van der Waals surface area contributed by atoms with Gasteiger partial charge in [0.05, 0.1) is 10.6 Å². The molecule has 0 saturated carbocycles. The van der Waals surface area contributed by atoms with Gasteiger partial charge in [0, 0.05) is 15.7 Å². The average Bonchev–Trinajstić information content (AvgIpc) is 2.70. The van der Waals surface area contributed by atoms with Gasteiger partial charge in [-0.25, -0.2) is 8.42 Å². The fraction of sp³-hybridized carbons (Fsp3) is 0.0952. The Labute approximate surface area is 179 Å².